The highest BCUT2D eigenvalue weighted by atomic mass is 16.1. The van der Waals surface area contributed by atoms with Crippen molar-refractivity contribution >= 4 is 5.91 Å². The smallest absolute Gasteiger partial charge is 0.270 e. The van der Waals surface area contributed by atoms with E-state index in [1.165, 1.54) is 0 Å². The van der Waals surface area contributed by atoms with Crippen molar-refractivity contribution in [2.45, 2.75) is 13.0 Å². The molecule has 5 nitrogen and oxygen atoms in total. The number of carbonyl (C=O) groups excluding carboxylic acids is 1. The highest BCUT2D eigenvalue weighted by Crippen LogP contribution is 2.10. The van der Waals surface area contributed by atoms with E-state index >= 15 is 0 Å². The van der Waals surface area contributed by atoms with Crippen LogP contribution in [-0.2, 0) is 7.05 Å². The summed E-state index contributed by atoms with van der Waals surface area (Å²) in [7, 11) is 1.84. The summed E-state index contributed by atoms with van der Waals surface area (Å²) < 4.78 is 1.71. The van der Waals surface area contributed by atoms with Crippen LogP contribution in [0.2, 0.25) is 0 Å². The van der Waals surface area contributed by atoms with Gasteiger partial charge in [-0.3, -0.25) is 14.5 Å². The van der Waals surface area contributed by atoms with E-state index in [2.05, 4.69) is 15.4 Å². The third-order valence-electron chi connectivity index (χ3n) is 2.47. The van der Waals surface area contributed by atoms with E-state index in [0.717, 1.165) is 5.56 Å². The molecule has 0 aliphatic heterocycles. The fourth-order valence-corrected chi connectivity index (χ4v) is 1.51. The Bertz CT molecular complexity index is 506. The molecular formula is C12H14N4O. The number of pyridine rings is 1. The highest BCUT2D eigenvalue weighted by molar-refractivity contribution is 5.92. The van der Waals surface area contributed by atoms with Crippen LogP contribution in [-0.4, -0.2) is 20.7 Å². The van der Waals surface area contributed by atoms with Crippen LogP contribution in [0, 0.1) is 0 Å². The molecule has 17 heavy (non-hydrogen) atoms. The summed E-state index contributed by atoms with van der Waals surface area (Å²) in [5.41, 5.74) is 1.39. The molecule has 2 rings (SSSR count). The Kier molecular flexibility index (Phi) is 3.18. The molecule has 2 aromatic heterocycles. The Morgan fingerprint density at radius 1 is 1.47 bits per heavy atom. The van der Waals surface area contributed by atoms with E-state index in [0.29, 0.717) is 5.69 Å². The molecule has 0 bridgehead atoms. The Labute approximate surface area is 99.5 Å². The molecule has 0 radical (unpaired) electrons. The number of rotatable bonds is 3. The number of aromatic nitrogens is 3. The molecule has 0 aliphatic carbocycles. The van der Waals surface area contributed by atoms with Gasteiger partial charge in [0, 0.05) is 25.0 Å². The number of aryl methyl sites for hydroxylation is 1. The van der Waals surface area contributed by atoms with Crippen molar-refractivity contribution in [2.24, 2.45) is 7.05 Å². The van der Waals surface area contributed by atoms with Gasteiger partial charge in [0.15, 0.2) is 0 Å². The van der Waals surface area contributed by atoms with Crippen molar-refractivity contribution in [2.75, 3.05) is 0 Å². The number of hydrogen-bond donors (Lipinski definition) is 1. The minimum atomic E-state index is -0.179. The molecule has 0 aromatic carbocycles. The third-order valence-corrected chi connectivity index (χ3v) is 2.47. The highest BCUT2D eigenvalue weighted by Gasteiger charge is 2.12. The van der Waals surface area contributed by atoms with Crippen LogP contribution < -0.4 is 5.32 Å². The summed E-state index contributed by atoms with van der Waals surface area (Å²) in [5.74, 6) is -0.179. The Morgan fingerprint density at radius 3 is 2.88 bits per heavy atom. The van der Waals surface area contributed by atoms with Gasteiger partial charge in [-0.15, -0.1) is 0 Å². The average molecular weight is 230 g/mol. The van der Waals surface area contributed by atoms with Crippen molar-refractivity contribution in [3.63, 3.8) is 0 Å². The molecule has 1 N–H and O–H groups in total. The maximum atomic E-state index is 11.8. The first kappa shape index (κ1) is 11.3. The molecule has 0 fully saturated rings. The third kappa shape index (κ3) is 2.69. The van der Waals surface area contributed by atoms with Gasteiger partial charge in [-0.2, -0.15) is 5.10 Å². The van der Waals surface area contributed by atoms with Gasteiger partial charge in [0.1, 0.15) is 5.69 Å². The van der Waals surface area contributed by atoms with Gasteiger partial charge < -0.3 is 5.32 Å². The van der Waals surface area contributed by atoms with Crippen LogP contribution in [0.1, 0.15) is 29.0 Å². The number of carbonyl (C=O) groups is 1. The van der Waals surface area contributed by atoms with Crippen LogP contribution >= 0.6 is 0 Å². The predicted molar refractivity (Wildman–Crippen MR) is 63.3 cm³/mol. The SMILES string of the molecule is CC(NC(=O)c1ccccn1)c1cnn(C)c1. The van der Waals surface area contributed by atoms with Crippen molar-refractivity contribution in [3.05, 3.63) is 48.0 Å². The largest absolute Gasteiger partial charge is 0.344 e. The van der Waals surface area contributed by atoms with Crippen molar-refractivity contribution < 1.29 is 4.79 Å². The van der Waals surface area contributed by atoms with Gasteiger partial charge in [-0.05, 0) is 19.1 Å². The second kappa shape index (κ2) is 4.78. The maximum Gasteiger partial charge on any atom is 0.270 e. The zero-order valence-corrected chi connectivity index (χ0v) is 9.79. The molecule has 88 valence electrons. The zero-order valence-electron chi connectivity index (χ0n) is 9.79. The number of hydrogen-bond acceptors (Lipinski definition) is 3. The fraction of sp³-hybridized carbons (Fsp3) is 0.250. The van der Waals surface area contributed by atoms with Gasteiger partial charge in [0.25, 0.3) is 5.91 Å². The number of nitrogens with one attached hydrogen (secondary N) is 1. The van der Waals surface area contributed by atoms with Crippen LogP contribution in [0.15, 0.2) is 36.8 Å². The summed E-state index contributed by atoms with van der Waals surface area (Å²) in [6.45, 7) is 1.91. The van der Waals surface area contributed by atoms with Crippen LogP contribution in [0.3, 0.4) is 0 Å². The first-order chi connectivity index (χ1) is 8.16. The first-order valence-corrected chi connectivity index (χ1v) is 5.37. The lowest BCUT2D eigenvalue weighted by atomic mass is 10.2. The molecule has 2 aromatic rings. The molecule has 2 heterocycles. The lowest BCUT2D eigenvalue weighted by molar-refractivity contribution is 0.0935. The number of amides is 1. The second-order valence-electron chi connectivity index (χ2n) is 3.86. The summed E-state index contributed by atoms with van der Waals surface area (Å²) in [6.07, 6.45) is 5.22. The van der Waals surface area contributed by atoms with Gasteiger partial charge in [-0.25, -0.2) is 0 Å². The van der Waals surface area contributed by atoms with E-state index in [9.17, 15) is 4.79 Å². The van der Waals surface area contributed by atoms with E-state index in [4.69, 9.17) is 0 Å². The molecule has 5 heteroatoms. The quantitative estimate of drug-likeness (QED) is 0.864. The van der Waals surface area contributed by atoms with E-state index in [1.807, 2.05) is 20.2 Å². The normalized spacial score (nSPS) is 12.1. The van der Waals surface area contributed by atoms with Crippen molar-refractivity contribution in [3.8, 4) is 0 Å². The number of nitrogens with zero attached hydrogens (tertiary/aromatic N) is 3. The molecule has 1 atom stereocenters. The van der Waals surface area contributed by atoms with Gasteiger partial charge in [-0.1, -0.05) is 6.07 Å². The summed E-state index contributed by atoms with van der Waals surface area (Å²) in [6, 6.07) is 5.17. The minimum Gasteiger partial charge on any atom is -0.344 e. The predicted octanol–water partition coefficient (Wildman–Crippen LogP) is 1.31. The van der Waals surface area contributed by atoms with Crippen molar-refractivity contribution in [1.29, 1.82) is 0 Å². The minimum absolute atomic E-state index is 0.0850. The Morgan fingerprint density at radius 2 is 2.29 bits per heavy atom. The fourth-order valence-electron chi connectivity index (χ4n) is 1.51. The summed E-state index contributed by atoms with van der Waals surface area (Å²) >= 11 is 0. The summed E-state index contributed by atoms with van der Waals surface area (Å²) in [5, 5.41) is 6.94. The molecular weight excluding hydrogens is 216 g/mol. The van der Waals surface area contributed by atoms with Crippen molar-refractivity contribution in [1.82, 2.24) is 20.1 Å². The van der Waals surface area contributed by atoms with Gasteiger partial charge in [0.05, 0.1) is 12.2 Å². The van der Waals surface area contributed by atoms with Crippen LogP contribution in [0.25, 0.3) is 0 Å². The lowest BCUT2D eigenvalue weighted by Crippen LogP contribution is -2.27. The monoisotopic (exact) mass is 230 g/mol. The molecule has 0 spiro atoms. The van der Waals surface area contributed by atoms with E-state index in [1.54, 1.807) is 35.3 Å². The second-order valence-corrected chi connectivity index (χ2v) is 3.86. The Balaban J connectivity index is 2.04. The molecule has 1 amide bonds. The standard InChI is InChI=1S/C12H14N4O/c1-9(10-7-14-16(2)8-10)15-12(17)11-5-3-4-6-13-11/h3-9H,1-2H3,(H,15,17). The zero-order chi connectivity index (χ0) is 12.3. The first-order valence-electron chi connectivity index (χ1n) is 5.37. The Hall–Kier alpha value is -2.17. The van der Waals surface area contributed by atoms with Gasteiger partial charge in [0.2, 0.25) is 0 Å². The molecule has 0 aliphatic rings. The molecule has 0 saturated carbocycles. The molecule has 0 saturated heterocycles. The lowest BCUT2D eigenvalue weighted by Gasteiger charge is -2.11. The molecule has 1 unspecified atom stereocenters. The summed E-state index contributed by atoms with van der Waals surface area (Å²) in [4.78, 5) is 15.8. The maximum absolute atomic E-state index is 11.8. The van der Waals surface area contributed by atoms with E-state index in [-0.39, 0.29) is 11.9 Å². The topological polar surface area (TPSA) is 59.8 Å². The van der Waals surface area contributed by atoms with E-state index < -0.39 is 0 Å². The van der Waals surface area contributed by atoms with Gasteiger partial charge >= 0.3 is 0 Å². The average Bonchev–Trinajstić information content (AvgIpc) is 2.77. The van der Waals surface area contributed by atoms with Crippen LogP contribution in [0.5, 0.6) is 0 Å². The van der Waals surface area contributed by atoms with Crippen LogP contribution in [0.4, 0.5) is 0 Å².